The van der Waals surface area contributed by atoms with E-state index in [1.807, 2.05) is 35.2 Å². The van der Waals surface area contributed by atoms with Gasteiger partial charge in [-0.05, 0) is 48.2 Å². The van der Waals surface area contributed by atoms with Crippen LogP contribution in [0.2, 0.25) is 0 Å². The zero-order valence-electron chi connectivity index (χ0n) is 22.7. The normalized spacial score (nSPS) is 15.6. The number of carbonyl (C=O) groups is 4. The third-order valence-electron chi connectivity index (χ3n) is 7.41. The summed E-state index contributed by atoms with van der Waals surface area (Å²) in [6.45, 7) is 2.26. The summed E-state index contributed by atoms with van der Waals surface area (Å²) in [4.78, 5) is 58.3. The van der Waals surface area contributed by atoms with E-state index in [1.165, 1.54) is 6.20 Å². The van der Waals surface area contributed by atoms with Crippen molar-refractivity contribution < 1.29 is 24.3 Å². The van der Waals surface area contributed by atoms with Gasteiger partial charge in [0.1, 0.15) is 0 Å². The summed E-state index contributed by atoms with van der Waals surface area (Å²) in [6, 6.07) is 17.4. The van der Waals surface area contributed by atoms with Crippen molar-refractivity contribution in [2.45, 2.75) is 31.7 Å². The first-order chi connectivity index (χ1) is 19.9. The Kier molecular flexibility index (Phi) is 8.57. The van der Waals surface area contributed by atoms with Crippen LogP contribution in [0.3, 0.4) is 0 Å². The molecule has 3 aromatic rings. The second-order valence-electron chi connectivity index (χ2n) is 10.4. The number of piperazine rings is 1. The lowest BCUT2D eigenvalue weighted by Crippen LogP contribution is -2.49. The SMILES string of the molecule is O=C(O)CC(NC(=O)c1ccc(N2CCN(C(=O)Cc3ccccc3)CC2)c(NC(=O)C2CC2)c1)c1cccnc1. The molecule has 0 spiro atoms. The van der Waals surface area contributed by atoms with Crippen LogP contribution in [0.4, 0.5) is 11.4 Å². The number of carbonyl (C=O) groups excluding carboxylic acids is 3. The first kappa shape index (κ1) is 27.8. The van der Waals surface area contributed by atoms with Gasteiger partial charge in [0, 0.05) is 50.1 Å². The van der Waals surface area contributed by atoms with Gasteiger partial charge in [-0.2, -0.15) is 0 Å². The van der Waals surface area contributed by atoms with Crippen molar-refractivity contribution in [3.63, 3.8) is 0 Å². The summed E-state index contributed by atoms with van der Waals surface area (Å²) in [6.07, 6.45) is 4.85. The molecule has 212 valence electrons. The molecular formula is C31H33N5O5. The summed E-state index contributed by atoms with van der Waals surface area (Å²) in [5.74, 6) is -1.54. The number of amides is 3. The molecule has 10 nitrogen and oxygen atoms in total. The van der Waals surface area contributed by atoms with E-state index in [9.17, 15) is 24.3 Å². The first-order valence-electron chi connectivity index (χ1n) is 13.8. The number of rotatable bonds is 10. The number of nitrogens with zero attached hydrogens (tertiary/aromatic N) is 3. The molecular weight excluding hydrogens is 522 g/mol. The molecule has 2 aromatic carbocycles. The lowest BCUT2D eigenvalue weighted by atomic mass is 10.0. The predicted molar refractivity (Wildman–Crippen MR) is 153 cm³/mol. The van der Waals surface area contributed by atoms with Crippen LogP contribution in [0.15, 0.2) is 73.1 Å². The molecule has 3 amide bonds. The number of carboxylic acid groups (broad SMARTS) is 1. The number of benzene rings is 2. The summed E-state index contributed by atoms with van der Waals surface area (Å²) in [7, 11) is 0. The van der Waals surface area contributed by atoms with E-state index in [2.05, 4.69) is 20.5 Å². The predicted octanol–water partition coefficient (Wildman–Crippen LogP) is 3.27. The van der Waals surface area contributed by atoms with Crippen molar-refractivity contribution in [1.29, 1.82) is 0 Å². The van der Waals surface area contributed by atoms with Crippen LogP contribution in [0.1, 0.15) is 46.8 Å². The van der Waals surface area contributed by atoms with Crippen LogP contribution in [0, 0.1) is 5.92 Å². The molecule has 1 aromatic heterocycles. The average molecular weight is 556 g/mol. The lowest BCUT2D eigenvalue weighted by molar-refractivity contribution is -0.137. The Labute approximate surface area is 238 Å². The Balaban J connectivity index is 1.30. The van der Waals surface area contributed by atoms with E-state index in [0.29, 0.717) is 49.4 Å². The first-order valence-corrected chi connectivity index (χ1v) is 13.8. The topological polar surface area (TPSA) is 132 Å². The van der Waals surface area contributed by atoms with Crippen LogP contribution in [-0.2, 0) is 20.8 Å². The Morgan fingerprint density at radius 3 is 2.37 bits per heavy atom. The monoisotopic (exact) mass is 555 g/mol. The maximum Gasteiger partial charge on any atom is 0.305 e. The van der Waals surface area contributed by atoms with Gasteiger partial charge in [0.25, 0.3) is 5.91 Å². The van der Waals surface area contributed by atoms with Crippen molar-refractivity contribution in [1.82, 2.24) is 15.2 Å². The quantitative estimate of drug-likeness (QED) is 0.350. The molecule has 41 heavy (non-hydrogen) atoms. The van der Waals surface area contributed by atoms with E-state index in [-0.39, 0.29) is 24.2 Å². The van der Waals surface area contributed by atoms with E-state index >= 15 is 0 Å². The van der Waals surface area contributed by atoms with Crippen molar-refractivity contribution >= 4 is 35.1 Å². The Morgan fingerprint density at radius 1 is 0.951 bits per heavy atom. The van der Waals surface area contributed by atoms with Gasteiger partial charge in [-0.3, -0.25) is 24.2 Å². The third-order valence-corrected chi connectivity index (χ3v) is 7.41. The van der Waals surface area contributed by atoms with E-state index in [4.69, 9.17) is 0 Å². The van der Waals surface area contributed by atoms with Crippen molar-refractivity contribution in [2.24, 2.45) is 5.92 Å². The van der Waals surface area contributed by atoms with E-state index in [0.717, 1.165) is 24.1 Å². The highest BCUT2D eigenvalue weighted by Crippen LogP contribution is 2.34. The maximum atomic E-state index is 13.3. The molecule has 1 unspecified atom stereocenters. The van der Waals surface area contributed by atoms with Crippen LogP contribution in [0.5, 0.6) is 0 Å². The van der Waals surface area contributed by atoms with Crippen LogP contribution in [-0.4, -0.2) is 64.9 Å². The van der Waals surface area contributed by atoms with Gasteiger partial charge in [0.2, 0.25) is 11.8 Å². The fraction of sp³-hybridized carbons (Fsp3) is 0.323. The Morgan fingerprint density at radius 2 is 1.71 bits per heavy atom. The number of aromatic nitrogens is 1. The Bertz CT molecular complexity index is 1400. The Hall–Kier alpha value is -4.73. The second kappa shape index (κ2) is 12.6. The highest BCUT2D eigenvalue weighted by Gasteiger charge is 2.31. The van der Waals surface area contributed by atoms with Crippen LogP contribution in [0.25, 0.3) is 0 Å². The minimum atomic E-state index is -1.05. The molecule has 2 fully saturated rings. The summed E-state index contributed by atoms with van der Waals surface area (Å²) < 4.78 is 0. The minimum absolute atomic E-state index is 0.0293. The molecule has 1 aliphatic carbocycles. The number of pyridine rings is 1. The lowest BCUT2D eigenvalue weighted by Gasteiger charge is -2.37. The number of carboxylic acids is 1. The fourth-order valence-electron chi connectivity index (χ4n) is 4.96. The molecule has 1 saturated carbocycles. The summed E-state index contributed by atoms with van der Waals surface area (Å²) in [5, 5.41) is 15.2. The van der Waals surface area contributed by atoms with Crippen molar-refractivity contribution in [3.05, 3.63) is 89.7 Å². The zero-order valence-corrected chi connectivity index (χ0v) is 22.7. The number of hydrogen-bond donors (Lipinski definition) is 3. The molecule has 1 atom stereocenters. The zero-order chi connectivity index (χ0) is 28.8. The molecule has 2 heterocycles. The smallest absolute Gasteiger partial charge is 0.305 e. The molecule has 1 saturated heterocycles. The highest BCUT2D eigenvalue weighted by atomic mass is 16.4. The summed E-state index contributed by atoms with van der Waals surface area (Å²) >= 11 is 0. The largest absolute Gasteiger partial charge is 0.481 e. The van der Waals surface area contributed by atoms with Gasteiger partial charge in [-0.25, -0.2) is 0 Å². The van der Waals surface area contributed by atoms with Gasteiger partial charge < -0.3 is 25.5 Å². The second-order valence-corrected chi connectivity index (χ2v) is 10.4. The summed E-state index contributed by atoms with van der Waals surface area (Å²) in [5.41, 5.74) is 3.17. The molecule has 10 heteroatoms. The number of hydrogen-bond acceptors (Lipinski definition) is 6. The number of aliphatic carboxylic acids is 1. The number of nitrogens with one attached hydrogen (secondary N) is 2. The van der Waals surface area contributed by atoms with Gasteiger partial charge in [0.15, 0.2) is 0 Å². The van der Waals surface area contributed by atoms with E-state index < -0.39 is 17.9 Å². The van der Waals surface area contributed by atoms with Crippen LogP contribution < -0.4 is 15.5 Å². The van der Waals surface area contributed by atoms with E-state index in [1.54, 1.807) is 36.5 Å². The van der Waals surface area contributed by atoms with Gasteiger partial charge in [-0.1, -0.05) is 36.4 Å². The van der Waals surface area contributed by atoms with Crippen molar-refractivity contribution in [3.8, 4) is 0 Å². The third kappa shape index (κ3) is 7.27. The van der Waals surface area contributed by atoms with Crippen LogP contribution >= 0.6 is 0 Å². The van der Waals surface area contributed by atoms with Crippen molar-refractivity contribution in [2.75, 3.05) is 36.4 Å². The molecule has 0 bridgehead atoms. The molecule has 0 radical (unpaired) electrons. The molecule has 1 aliphatic heterocycles. The maximum absolute atomic E-state index is 13.3. The highest BCUT2D eigenvalue weighted by molar-refractivity contribution is 6.01. The molecule has 5 rings (SSSR count). The van der Waals surface area contributed by atoms with Gasteiger partial charge >= 0.3 is 5.97 Å². The minimum Gasteiger partial charge on any atom is -0.481 e. The standard InChI is InChI=1S/C31H33N5O5/c37-28(17-21-5-2-1-3-6-21)36-15-13-35(14-16-36)27-11-10-23(18-26(27)34-30(40)22-8-9-22)31(41)33-25(19-29(38)39)24-7-4-12-32-20-24/h1-7,10-12,18,20,22,25H,8-9,13-17,19H2,(H,33,41)(H,34,40)(H,38,39). The van der Waals surface area contributed by atoms with Gasteiger partial charge in [-0.15, -0.1) is 0 Å². The number of anilines is 2. The van der Waals surface area contributed by atoms with Gasteiger partial charge in [0.05, 0.1) is 30.3 Å². The molecule has 3 N–H and O–H groups in total. The fourth-order valence-corrected chi connectivity index (χ4v) is 4.96. The molecule has 2 aliphatic rings. The average Bonchev–Trinajstić information content (AvgIpc) is 3.84.